The minimum Gasteiger partial charge on any atom is -0.454 e. The van der Waals surface area contributed by atoms with Gasteiger partial charge < -0.3 is 14.8 Å². The molecule has 3 amide bonds. The Morgan fingerprint density at radius 3 is 2.72 bits per heavy atom. The predicted molar refractivity (Wildman–Crippen MR) is 98.2 cm³/mol. The summed E-state index contributed by atoms with van der Waals surface area (Å²) in [6, 6.07) is 13.9. The zero-order valence-corrected chi connectivity index (χ0v) is 15.4. The average Bonchev–Trinajstić information content (AvgIpc) is 3.44. The predicted octanol–water partition coefficient (Wildman–Crippen LogP) is 1.36. The van der Waals surface area contributed by atoms with Gasteiger partial charge in [0.2, 0.25) is 6.79 Å². The molecule has 29 heavy (non-hydrogen) atoms. The molecule has 10 heteroatoms. The fourth-order valence-corrected chi connectivity index (χ4v) is 3.46. The van der Waals surface area contributed by atoms with Crippen molar-refractivity contribution in [3.63, 3.8) is 0 Å². The maximum absolute atomic E-state index is 13.2. The van der Waals surface area contributed by atoms with E-state index in [-0.39, 0.29) is 13.3 Å². The van der Waals surface area contributed by atoms with Crippen LogP contribution in [-0.4, -0.2) is 43.8 Å². The lowest BCUT2D eigenvalue weighted by Gasteiger charge is -2.22. The van der Waals surface area contributed by atoms with Crippen LogP contribution in [0.25, 0.3) is 5.69 Å². The molecule has 5 rings (SSSR count). The molecule has 1 fully saturated rings. The molecule has 0 radical (unpaired) electrons. The molecule has 0 bridgehead atoms. The minimum absolute atomic E-state index is 0.0628. The maximum Gasteiger partial charge on any atom is 0.325 e. The number of tetrazole rings is 1. The van der Waals surface area contributed by atoms with Crippen molar-refractivity contribution < 1.29 is 19.1 Å². The number of ether oxygens (including phenoxy) is 2. The number of benzene rings is 2. The number of aromatic nitrogens is 4. The summed E-state index contributed by atoms with van der Waals surface area (Å²) in [5.74, 6) is 1.11. The number of fused-ring (bicyclic) bond motifs is 1. The van der Waals surface area contributed by atoms with Crippen LogP contribution in [0.2, 0.25) is 0 Å². The van der Waals surface area contributed by atoms with E-state index in [9.17, 15) is 9.59 Å². The Kier molecular flexibility index (Phi) is 3.73. The first-order valence-electron chi connectivity index (χ1n) is 8.93. The average molecular weight is 392 g/mol. The first kappa shape index (κ1) is 17.2. The number of nitrogens with one attached hydrogen (secondary N) is 1. The Balaban J connectivity index is 1.44. The Bertz CT molecular complexity index is 1110. The topological polar surface area (TPSA) is 111 Å². The highest BCUT2D eigenvalue weighted by Gasteiger charge is 2.49. The van der Waals surface area contributed by atoms with E-state index in [2.05, 4.69) is 20.8 Å². The lowest BCUT2D eigenvalue weighted by atomic mass is 9.91. The molecular formula is C19H16N6O4. The van der Waals surface area contributed by atoms with Crippen LogP contribution >= 0.6 is 0 Å². The summed E-state index contributed by atoms with van der Waals surface area (Å²) in [5.41, 5.74) is 0.103. The number of rotatable bonds is 4. The van der Waals surface area contributed by atoms with Crippen molar-refractivity contribution in [3.8, 4) is 17.2 Å². The molecule has 1 aromatic heterocycles. The van der Waals surface area contributed by atoms with Gasteiger partial charge in [0.15, 0.2) is 17.3 Å². The van der Waals surface area contributed by atoms with Gasteiger partial charge in [-0.2, -0.15) is 4.68 Å². The smallest absolute Gasteiger partial charge is 0.325 e. The number of para-hydroxylation sites is 1. The van der Waals surface area contributed by atoms with Crippen LogP contribution in [-0.2, 0) is 16.9 Å². The van der Waals surface area contributed by atoms with Crippen LogP contribution in [0.5, 0.6) is 11.5 Å². The molecule has 3 heterocycles. The molecule has 0 saturated carbocycles. The van der Waals surface area contributed by atoms with Gasteiger partial charge in [0.05, 0.1) is 12.2 Å². The zero-order chi connectivity index (χ0) is 20.0. The number of urea groups is 1. The number of imide groups is 1. The van der Waals surface area contributed by atoms with Crippen LogP contribution in [0.3, 0.4) is 0 Å². The van der Waals surface area contributed by atoms with Gasteiger partial charge in [-0.05, 0) is 47.2 Å². The van der Waals surface area contributed by atoms with Crippen LogP contribution in [0.4, 0.5) is 4.79 Å². The molecular weight excluding hydrogens is 376 g/mol. The first-order chi connectivity index (χ1) is 14.1. The highest BCUT2D eigenvalue weighted by Crippen LogP contribution is 2.38. The Morgan fingerprint density at radius 2 is 1.90 bits per heavy atom. The fourth-order valence-electron chi connectivity index (χ4n) is 3.46. The van der Waals surface area contributed by atoms with Gasteiger partial charge in [0, 0.05) is 0 Å². The maximum atomic E-state index is 13.2. The summed E-state index contributed by atoms with van der Waals surface area (Å²) in [7, 11) is 0. The number of hydrogen-bond donors (Lipinski definition) is 1. The molecule has 10 nitrogen and oxygen atoms in total. The van der Waals surface area contributed by atoms with E-state index in [4.69, 9.17) is 9.47 Å². The molecule has 146 valence electrons. The molecule has 1 atom stereocenters. The van der Waals surface area contributed by atoms with Crippen molar-refractivity contribution in [2.45, 2.75) is 19.0 Å². The second-order valence-corrected chi connectivity index (χ2v) is 6.86. The molecule has 3 aromatic rings. The summed E-state index contributed by atoms with van der Waals surface area (Å²) in [5, 5.41) is 14.4. The standard InChI is InChI=1S/C19H16N6O4/c1-19(12-7-8-14-15(9-12)29-11-28-14)17(26)24(18(27)20-19)10-16-21-22-23-25(16)13-5-3-2-4-6-13/h2-9H,10-11H2,1H3,(H,20,27)/t19-/m1/s1. The summed E-state index contributed by atoms with van der Waals surface area (Å²) < 4.78 is 12.2. The van der Waals surface area contributed by atoms with Crippen molar-refractivity contribution in [2.75, 3.05) is 6.79 Å². The van der Waals surface area contributed by atoms with Crippen LogP contribution in [0, 0.1) is 0 Å². The number of nitrogens with zero attached hydrogens (tertiary/aromatic N) is 5. The normalized spacial score (nSPS) is 20.2. The van der Waals surface area contributed by atoms with Gasteiger partial charge >= 0.3 is 6.03 Å². The highest BCUT2D eigenvalue weighted by molar-refractivity contribution is 6.07. The molecule has 2 aromatic carbocycles. The van der Waals surface area contributed by atoms with E-state index in [0.717, 1.165) is 10.6 Å². The van der Waals surface area contributed by atoms with E-state index >= 15 is 0 Å². The number of amides is 3. The van der Waals surface area contributed by atoms with Crippen molar-refractivity contribution in [3.05, 3.63) is 59.9 Å². The van der Waals surface area contributed by atoms with Gasteiger partial charge in [0.25, 0.3) is 5.91 Å². The van der Waals surface area contributed by atoms with Crippen molar-refractivity contribution in [1.82, 2.24) is 30.4 Å². The van der Waals surface area contributed by atoms with E-state index < -0.39 is 17.5 Å². The number of carbonyl (C=O) groups excluding carboxylic acids is 2. The summed E-state index contributed by atoms with van der Waals surface area (Å²) in [6.45, 7) is 1.72. The van der Waals surface area contributed by atoms with E-state index in [0.29, 0.717) is 22.9 Å². The summed E-state index contributed by atoms with van der Waals surface area (Å²) >= 11 is 0. The van der Waals surface area contributed by atoms with E-state index in [1.54, 1.807) is 25.1 Å². The highest BCUT2D eigenvalue weighted by atomic mass is 16.7. The fraction of sp³-hybridized carbons (Fsp3) is 0.211. The first-order valence-corrected chi connectivity index (χ1v) is 8.93. The Labute approximate surface area is 165 Å². The molecule has 0 spiro atoms. The molecule has 1 N–H and O–H groups in total. The van der Waals surface area contributed by atoms with Crippen molar-refractivity contribution >= 4 is 11.9 Å². The Hall–Kier alpha value is -3.95. The monoisotopic (exact) mass is 392 g/mol. The molecule has 0 unspecified atom stereocenters. The lowest BCUT2D eigenvalue weighted by molar-refractivity contribution is -0.131. The third-order valence-electron chi connectivity index (χ3n) is 5.06. The second kappa shape index (κ2) is 6.30. The van der Waals surface area contributed by atoms with Gasteiger partial charge in [-0.1, -0.05) is 24.3 Å². The quantitative estimate of drug-likeness (QED) is 0.667. The van der Waals surface area contributed by atoms with Gasteiger partial charge in [-0.15, -0.1) is 5.10 Å². The van der Waals surface area contributed by atoms with Crippen LogP contribution in [0.15, 0.2) is 48.5 Å². The number of carbonyl (C=O) groups is 2. The molecule has 2 aliphatic heterocycles. The Morgan fingerprint density at radius 1 is 1.10 bits per heavy atom. The third kappa shape index (κ3) is 2.68. The van der Waals surface area contributed by atoms with E-state index in [1.807, 2.05) is 30.3 Å². The van der Waals surface area contributed by atoms with E-state index in [1.165, 1.54) is 4.68 Å². The summed E-state index contributed by atoms with van der Waals surface area (Å²) in [4.78, 5) is 27.0. The van der Waals surface area contributed by atoms with Crippen molar-refractivity contribution in [1.29, 1.82) is 0 Å². The van der Waals surface area contributed by atoms with Gasteiger partial charge in [-0.25, -0.2) is 4.79 Å². The molecule has 2 aliphatic rings. The summed E-state index contributed by atoms with van der Waals surface area (Å²) in [6.07, 6.45) is 0. The molecule has 1 saturated heterocycles. The van der Waals surface area contributed by atoms with Crippen molar-refractivity contribution in [2.24, 2.45) is 0 Å². The third-order valence-corrected chi connectivity index (χ3v) is 5.06. The molecule has 0 aliphatic carbocycles. The zero-order valence-electron chi connectivity index (χ0n) is 15.4. The van der Waals surface area contributed by atoms with Crippen LogP contribution < -0.4 is 14.8 Å². The van der Waals surface area contributed by atoms with Crippen LogP contribution in [0.1, 0.15) is 18.3 Å². The second-order valence-electron chi connectivity index (χ2n) is 6.86. The van der Waals surface area contributed by atoms with Gasteiger partial charge in [0.1, 0.15) is 5.54 Å². The number of hydrogen-bond acceptors (Lipinski definition) is 7. The SMILES string of the molecule is C[C@]1(c2ccc3c(c2)OCO3)NC(=O)N(Cc2nnnn2-c2ccccc2)C1=O. The largest absolute Gasteiger partial charge is 0.454 e. The van der Waals surface area contributed by atoms with Gasteiger partial charge in [-0.3, -0.25) is 9.69 Å². The lowest BCUT2D eigenvalue weighted by Crippen LogP contribution is -2.40. The minimum atomic E-state index is -1.23.